The van der Waals surface area contributed by atoms with Crippen LogP contribution in [0.5, 0.6) is 0 Å². The smallest absolute Gasteiger partial charge is 0.266 e. The predicted molar refractivity (Wildman–Crippen MR) is 89.9 cm³/mol. The number of hydrogen-bond donors (Lipinski definition) is 1. The summed E-state index contributed by atoms with van der Waals surface area (Å²) < 4.78 is 0. The minimum Gasteiger partial charge on any atom is -0.321 e. The molecule has 0 unspecified atom stereocenters. The molecule has 0 saturated heterocycles. The van der Waals surface area contributed by atoms with Gasteiger partial charge in [-0.05, 0) is 42.8 Å². The highest BCUT2D eigenvalue weighted by Gasteiger charge is 2.10. The van der Waals surface area contributed by atoms with Gasteiger partial charge in [0.15, 0.2) is 0 Å². The lowest BCUT2D eigenvalue weighted by molar-refractivity contribution is -0.112. The van der Waals surface area contributed by atoms with Crippen LogP contribution < -0.4 is 5.32 Å². The highest BCUT2D eigenvalue weighted by Crippen LogP contribution is 2.23. The fourth-order valence-corrected chi connectivity index (χ4v) is 2.06. The molecular weight excluding hydrogens is 319 g/mol. The van der Waals surface area contributed by atoms with Crippen LogP contribution in [0, 0.1) is 18.3 Å². The molecule has 0 radical (unpaired) electrons. The summed E-state index contributed by atoms with van der Waals surface area (Å²) in [6.45, 7) is 1.95. The lowest BCUT2D eigenvalue weighted by Crippen LogP contribution is -2.13. The number of rotatable bonds is 3. The lowest BCUT2D eigenvalue weighted by atomic mass is 10.1. The van der Waals surface area contributed by atoms with Crippen LogP contribution in [0.4, 0.5) is 5.69 Å². The van der Waals surface area contributed by atoms with Crippen LogP contribution in [-0.4, -0.2) is 5.91 Å². The van der Waals surface area contributed by atoms with E-state index in [9.17, 15) is 4.79 Å². The molecule has 0 heterocycles. The summed E-state index contributed by atoms with van der Waals surface area (Å²) in [6.07, 6.45) is 1.46. The Kier molecular flexibility index (Phi) is 5.21. The second-order valence-corrected chi connectivity index (χ2v) is 5.48. The number of hydrogen-bond acceptors (Lipinski definition) is 2. The minimum atomic E-state index is -0.475. The van der Waals surface area contributed by atoms with Crippen molar-refractivity contribution in [2.75, 3.05) is 5.32 Å². The number of benzene rings is 2. The average Bonchev–Trinajstić information content (AvgIpc) is 2.50. The fraction of sp³-hybridized carbons (Fsp3) is 0.0588. The summed E-state index contributed by atoms with van der Waals surface area (Å²) in [4.78, 5) is 12.1. The first kappa shape index (κ1) is 16.1. The van der Waals surface area contributed by atoms with Crippen molar-refractivity contribution in [2.45, 2.75) is 6.92 Å². The maximum atomic E-state index is 12.1. The first-order valence-electron chi connectivity index (χ1n) is 6.44. The molecule has 1 amide bonds. The molecule has 22 heavy (non-hydrogen) atoms. The molecule has 2 aromatic carbocycles. The van der Waals surface area contributed by atoms with E-state index in [-0.39, 0.29) is 5.57 Å². The number of halogens is 2. The second-order valence-electron chi connectivity index (χ2n) is 4.66. The number of nitrogens with one attached hydrogen (secondary N) is 1. The molecule has 3 nitrogen and oxygen atoms in total. The second kappa shape index (κ2) is 7.13. The maximum Gasteiger partial charge on any atom is 0.266 e. The minimum absolute atomic E-state index is 0.0148. The largest absolute Gasteiger partial charge is 0.321 e. The first-order chi connectivity index (χ1) is 10.5. The normalized spacial score (nSPS) is 10.9. The van der Waals surface area contributed by atoms with E-state index < -0.39 is 5.91 Å². The van der Waals surface area contributed by atoms with Crippen molar-refractivity contribution in [3.05, 3.63) is 69.2 Å². The SMILES string of the molecule is Cc1ccc(NC(=O)C(C#N)=Cc2ccc(Cl)c(Cl)c2)cc1. The Balaban J connectivity index is 2.21. The molecule has 0 saturated carbocycles. The topological polar surface area (TPSA) is 52.9 Å². The van der Waals surface area contributed by atoms with Gasteiger partial charge in [0.05, 0.1) is 10.0 Å². The lowest BCUT2D eigenvalue weighted by Gasteiger charge is -2.05. The van der Waals surface area contributed by atoms with Gasteiger partial charge < -0.3 is 5.32 Å². The summed E-state index contributed by atoms with van der Waals surface area (Å²) in [5, 5.41) is 12.6. The Hall–Kier alpha value is -2.28. The number of nitriles is 1. The van der Waals surface area contributed by atoms with Gasteiger partial charge in [-0.25, -0.2) is 0 Å². The van der Waals surface area contributed by atoms with Crippen molar-refractivity contribution in [3.63, 3.8) is 0 Å². The Morgan fingerprint density at radius 1 is 1.14 bits per heavy atom. The van der Waals surface area contributed by atoms with Gasteiger partial charge in [0.2, 0.25) is 0 Å². The molecule has 2 rings (SSSR count). The number of amides is 1. The molecule has 0 atom stereocenters. The number of carbonyl (C=O) groups is 1. The van der Waals surface area contributed by atoms with Gasteiger partial charge in [0, 0.05) is 5.69 Å². The molecule has 0 fully saturated rings. The first-order valence-corrected chi connectivity index (χ1v) is 7.20. The molecule has 110 valence electrons. The molecule has 0 bridgehead atoms. The van der Waals surface area contributed by atoms with Crippen LogP contribution in [0.15, 0.2) is 48.0 Å². The predicted octanol–water partition coefficient (Wildman–Crippen LogP) is 4.85. The molecule has 0 spiro atoms. The van der Waals surface area contributed by atoms with Crippen molar-refractivity contribution in [1.82, 2.24) is 0 Å². The van der Waals surface area contributed by atoms with Crippen LogP contribution in [0.3, 0.4) is 0 Å². The number of aryl methyl sites for hydroxylation is 1. The molecule has 5 heteroatoms. The third kappa shape index (κ3) is 4.11. The quantitative estimate of drug-likeness (QED) is 0.646. The van der Waals surface area contributed by atoms with E-state index in [2.05, 4.69) is 5.32 Å². The van der Waals surface area contributed by atoms with Crippen LogP contribution in [-0.2, 0) is 4.79 Å². The van der Waals surface area contributed by atoms with Crippen LogP contribution in [0.2, 0.25) is 10.0 Å². The highest BCUT2D eigenvalue weighted by molar-refractivity contribution is 6.42. The van der Waals surface area contributed by atoms with E-state index in [1.54, 1.807) is 30.3 Å². The number of carbonyl (C=O) groups excluding carboxylic acids is 1. The van der Waals surface area contributed by atoms with E-state index in [1.165, 1.54) is 6.08 Å². The van der Waals surface area contributed by atoms with Crippen molar-refractivity contribution in [1.29, 1.82) is 5.26 Å². The summed E-state index contributed by atoms with van der Waals surface area (Å²) >= 11 is 11.8. The molecule has 1 N–H and O–H groups in total. The molecule has 0 aliphatic rings. The highest BCUT2D eigenvalue weighted by atomic mass is 35.5. The zero-order valence-corrected chi connectivity index (χ0v) is 13.2. The van der Waals surface area contributed by atoms with Crippen LogP contribution in [0.1, 0.15) is 11.1 Å². The van der Waals surface area contributed by atoms with Crippen molar-refractivity contribution < 1.29 is 4.79 Å². The molecule has 2 aromatic rings. The molecule has 0 aliphatic heterocycles. The monoisotopic (exact) mass is 330 g/mol. The third-order valence-corrected chi connectivity index (χ3v) is 3.67. The Morgan fingerprint density at radius 2 is 1.82 bits per heavy atom. The van der Waals surface area contributed by atoms with Crippen LogP contribution >= 0.6 is 23.2 Å². The molecular formula is C17H12Cl2N2O. The fourth-order valence-electron chi connectivity index (χ4n) is 1.75. The zero-order valence-electron chi connectivity index (χ0n) is 11.7. The summed E-state index contributed by atoms with van der Waals surface area (Å²) in [5.41, 5.74) is 2.33. The van der Waals surface area contributed by atoms with Crippen molar-refractivity contribution in [3.8, 4) is 6.07 Å². The van der Waals surface area contributed by atoms with Gasteiger partial charge >= 0.3 is 0 Å². The van der Waals surface area contributed by atoms with Crippen LogP contribution in [0.25, 0.3) is 6.08 Å². The Morgan fingerprint density at radius 3 is 2.41 bits per heavy atom. The molecule has 0 aromatic heterocycles. The summed E-state index contributed by atoms with van der Waals surface area (Å²) in [5.74, 6) is -0.475. The Labute approximate surface area is 138 Å². The number of nitrogens with zero attached hydrogens (tertiary/aromatic N) is 1. The summed E-state index contributed by atoms with van der Waals surface area (Å²) in [6, 6.07) is 14.1. The number of anilines is 1. The zero-order chi connectivity index (χ0) is 16.1. The van der Waals surface area contributed by atoms with Crippen molar-refractivity contribution >= 4 is 40.9 Å². The Bertz CT molecular complexity index is 774. The van der Waals surface area contributed by atoms with Gasteiger partial charge in [-0.15, -0.1) is 0 Å². The van der Waals surface area contributed by atoms with Gasteiger partial charge in [-0.3, -0.25) is 4.79 Å². The van der Waals surface area contributed by atoms with E-state index in [0.29, 0.717) is 21.3 Å². The average molecular weight is 331 g/mol. The van der Waals surface area contributed by atoms with E-state index in [4.69, 9.17) is 28.5 Å². The van der Waals surface area contributed by atoms with Gasteiger partial charge in [-0.2, -0.15) is 5.26 Å². The molecule has 0 aliphatic carbocycles. The standard InChI is InChI=1S/C17H12Cl2N2O/c1-11-2-5-14(6-3-11)21-17(22)13(10-20)8-12-4-7-15(18)16(19)9-12/h2-9H,1H3,(H,21,22). The maximum absolute atomic E-state index is 12.1. The van der Waals surface area contributed by atoms with Crippen molar-refractivity contribution in [2.24, 2.45) is 0 Å². The van der Waals surface area contributed by atoms with E-state index in [1.807, 2.05) is 25.1 Å². The van der Waals surface area contributed by atoms with E-state index >= 15 is 0 Å². The summed E-state index contributed by atoms with van der Waals surface area (Å²) in [7, 11) is 0. The van der Waals surface area contributed by atoms with Gasteiger partial charge in [0.1, 0.15) is 11.6 Å². The van der Waals surface area contributed by atoms with E-state index in [0.717, 1.165) is 5.56 Å². The van der Waals surface area contributed by atoms with Gasteiger partial charge in [0.25, 0.3) is 5.91 Å². The van der Waals surface area contributed by atoms with Gasteiger partial charge in [-0.1, -0.05) is 47.0 Å². The third-order valence-electron chi connectivity index (χ3n) is 2.93.